The highest BCUT2D eigenvalue weighted by molar-refractivity contribution is 7.90. The molecule has 1 N–H and O–H groups in total. The largest absolute Gasteiger partial charge is 0.475 e. The number of rotatable bonds is 6. The lowest BCUT2D eigenvalue weighted by Crippen LogP contribution is -2.23. The topological polar surface area (TPSA) is 85.4 Å². The van der Waals surface area contributed by atoms with Gasteiger partial charge in [0.15, 0.2) is 9.84 Å². The summed E-state index contributed by atoms with van der Waals surface area (Å²) in [6.45, 7) is 4.10. The number of hydrogen-bond donors (Lipinski definition) is 1. The summed E-state index contributed by atoms with van der Waals surface area (Å²) in [5.74, 6) is 0.212. The van der Waals surface area contributed by atoms with E-state index in [2.05, 4.69) is 10.3 Å². The van der Waals surface area contributed by atoms with E-state index in [9.17, 15) is 13.2 Å². The lowest BCUT2D eigenvalue weighted by molar-refractivity contribution is 0.0950. The van der Waals surface area contributed by atoms with Crippen LogP contribution in [0.15, 0.2) is 47.5 Å². The van der Waals surface area contributed by atoms with Crippen LogP contribution in [0.5, 0.6) is 5.88 Å². The number of nitrogens with zero attached hydrogens (tertiary/aromatic N) is 1. The van der Waals surface area contributed by atoms with Gasteiger partial charge in [0.1, 0.15) is 0 Å². The Balaban J connectivity index is 1.95. The van der Waals surface area contributed by atoms with Crippen LogP contribution in [0, 0.1) is 0 Å². The van der Waals surface area contributed by atoms with Crippen LogP contribution in [0.3, 0.4) is 0 Å². The molecule has 0 radical (unpaired) electrons. The molecule has 1 aromatic heterocycles. The van der Waals surface area contributed by atoms with Crippen molar-refractivity contribution in [2.75, 3.05) is 6.26 Å². The predicted molar refractivity (Wildman–Crippen MR) is 90.7 cm³/mol. The second-order valence-electron chi connectivity index (χ2n) is 5.65. The Bertz CT molecular complexity index is 797. The summed E-state index contributed by atoms with van der Waals surface area (Å²) in [6, 6.07) is 9.69. The monoisotopic (exact) mass is 348 g/mol. The molecular weight excluding hydrogens is 328 g/mol. The first-order valence-corrected chi connectivity index (χ1v) is 9.35. The number of ether oxygens (including phenoxy) is 1. The molecule has 0 aliphatic rings. The molecule has 0 saturated heterocycles. The van der Waals surface area contributed by atoms with Crippen LogP contribution in [0.25, 0.3) is 0 Å². The Hall–Kier alpha value is -2.41. The van der Waals surface area contributed by atoms with Gasteiger partial charge in [0.2, 0.25) is 5.88 Å². The minimum Gasteiger partial charge on any atom is -0.475 e. The zero-order valence-electron chi connectivity index (χ0n) is 13.8. The highest BCUT2D eigenvalue weighted by Crippen LogP contribution is 2.11. The summed E-state index contributed by atoms with van der Waals surface area (Å²) in [4.78, 5) is 16.4. The van der Waals surface area contributed by atoms with E-state index in [4.69, 9.17) is 4.74 Å². The highest BCUT2D eigenvalue weighted by atomic mass is 32.2. The molecule has 7 heteroatoms. The second-order valence-corrected chi connectivity index (χ2v) is 7.67. The van der Waals surface area contributed by atoms with E-state index in [1.54, 1.807) is 24.3 Å². The van der Waals surface area contributed by atoms with E-state index < -0.39 is 9.84 Å². The maximum atomic E-state index is 12.1. The van der Waals surface area contributed by atoms with Gasteiger partial charge in [-0.05, 0) is 37.6 Å². The van der Waals surface area contributed by atoms with Crippen LogP contribution >= 0.6 is 0 Å². The molecule has 0 unspecified atom stereocenters. The molecule has 1 aromatic carbocycles. The Kier molecular flexibility index (Phi) is 5.56. The molecule has 1 heterocycles. The first kappa shape index (κ1) is 17.9. The molecule has 0 aliphatic carbocycles. The summed E-state index contributed by atoms with van der Waals surface area (Å²) < 4.78 is 28.2. The van der Waals surface area contributed by atoms with Crippen LogP contribution in [-0.2, 0) is 16.4 Å². The number of amides is 1. The second kappa shape index (κ2) is 7.44. The molecular formula is C17H20N2O4S. The van der Waals surface area contributed by atoms with Gasteiger partial charge in [-0.25, -0.2) is 13.4 Å². The third-order valence-electron chi connectivity index (χ3n) is 3.16. The van der Waals surface area contributed by atoms with E-state index in [-0.39, 0.29) is 16.9 Å². The number of carbonyl (C=O) groups excluding carboxylic acids is 1. The van der Waals surface area contributed by atoms with Gasteiger partial charge in [-0.3, -0.25) is 4.79 Å². The third kappa shape index (κ3) is 5.06. The van der Waals surface area contributed by atoms with Crippen molar-refractivity contribution in [1.29, 1.82) is 0 Å². The minimum absolute atomic E-state index is 0.0204. The molecule has 2 rings (SSSR count). The average molecular weight is 348 g/mol. The van der Waals surface area contributed by atoms with Gasteiger partial charge in [-0.15, -0.1) is 0 Å². The van der Waals surface area contributed by atoms with Crippen molar-refractivity contribution < 1.29 is 17.9 Å². The van der Waals surface area contributed by atoms with Crippen molar-refractivity contribution in [3.63, 3.8) is 0 Å². The number of nitrogens with one attached hydrogen (secondary N) is 1. The number of sulfone groups is 1. The maximum absolute atomic E-state index is 12.1. The average Bonchev–Trinajstić information content (AvgIpc) is 2.52. The summed E-state index contributed by atoms with van der Waals surface area (Å²) in [6.07, 6.45) is 2.63. The fraction of sp³-hybridized carbons (Fsp3) is 0.294. The van der Waals surface area contributed by atoms with Crippen molar-refractivity contribution in [3.8, 4) is 5.88 Å². The van der Waals surface area contributed by atoms with Gasteiger partial charge < -0.3 is 10.1 Å². The van der Waals surface area contributed by atoms with Gasteiger partial charge >= 0.3 is 0 Å². The Morgan fingerprint density at radius 3 is 2.33 bits per heavy atom. The third-order valence-corrected chi connectivity index (χ3v) is 4.29. The van der Waals surface area contributed by atoms with Gasteiger partial charge in [0.05, 0.1) is 16.6 Å². The van der Waals surface area contributed by atoms with E-state index in [1.807, 2.05) is 13.8 Å². The summed E-state index contributed by atoms with van der Waals surface area (Å²) in [5, 5.41) is 2.76. The summed E-state index contributed by atoms with van der Waals surface area (Å²) >= 11 is 0. The fourth-order valence-corrected chi connectivity index (χ4v) is 2.60. The SMILES string of the molecule is CC(C)Oc1ccc(C(=O)NCc2ccc(S(C)(=O)=O)cc2)cn1. The van der Waals surface area contributed by atoms with Crippen LogP contribution in [0.4, 0.5) is 0 Å². The quantitative estimate of drug-likeness (QED) is 0.865. The molecule has 0 atom stereocenters. The molecule has 1 amide bonds. The number of benzene rings is 1. The standard InChI is InChI=1S/C17H20N2O4S/c1-12(2)23-16-9-6-14(11-18-16)17(20)19-10-13-4-7-15(8-5-13)24(3,21)22/h4-9,11-12H,10H2,1-3H3,(H,19,20). The van der Waals surface area contributed by atoms with Gasteiger partial charge in [0, 0.05) is 25.1 Å². The fourth-order valence-electron chi connectivity index (χ4n) is 1.96. The number of pyridine rings is 1. The van der Waals surface area contributed by atoms with Gasteiger partial charge in [-0.1, -0.05) is 12.1 Å². The molecule has 128 valence electrons. The van der Waals surface area contributed by atoms with E-state index >= 15 is 0 Å². The van der Waals surface area contributed by atoms with E-state index in [1.165, 1.54) is 18.3 Å². The first-order valence-electron chi connectivity index (χ1n) is 7.45. The zero-order chi connectivity index (χ0) is 17.7. The number of carbonyl (C=O) groups is 1. The van der Waals surface area contributed by atoms with Crippen molar-refractivity contribution in [2.24, 2.45) is 0 Å². The number of hydrogen-bond acceptors (Lipinski definition) is 5. The van der Waals surface area contributed by atoms with E-state index in [0.717, 1.165) is 11.8 Å². The Labute approximate surface area is 141 Å². The van der Waals surface area contributed by atoms with Crippen LogP contribution in [0.1, 0.15) is 29.8 Å². The summed E-state index contributed by atoms with van der Waals surface area (Å²) in [7, 11) is -3.21. The molecule has 6 nitrogen and oxygen atoms in total. The lowest BCUT2D eigenvalue weighted by atomic mass is 10.2. The molecule has 0 saturated carbocycles. The van der Waals surface area contributed by atoms with E-state index in [0.29, 0.717) is 18.0 Å². The van der Waals surface area contributed by atoms with Crippen LogP contribution in [0.2, 0.25) is 0 Å². The molecule has 0 fully saturated rings. The van der Waals surface area contributed by atoms with Crippen molar-refractivity contribution >= 4 is 15.7 Å². The smallest absolute Gasteiger partial charge is 0.253 e. The Morgan fingerprint density at radius 2 is 1.83 bits per heavy atom. The van der Waals surface area contributed by atoms with Gasteiger partial charge in [-0.2, -0.15) is 0 Å². The van der Waals surface area contributed by atoms with Crippen LogP contribution < -0.4 is 10.1 Å². The Morgan fingerprint density at radius 1 is 1.17 bits per heavy atom. The minimum atomic E-state index is -3.21. The zero-order valence-corrected chi connectivity index (χ0v) is 14.6. The maximum Gasteiger partial charge on any atom is 0.253 e. The van der Waals surface area contributed by atoms with Crippen molar-refractivity contribution in [1.82, 2.24) is 10.3 Å². The highest BCUT2D eigenvalue weighted by Gasteiger charge is 2.09. The molecule has 0 bridgehead atoms. The molecule has 0 spiro atoms. The number of aromatic nitrogens is 1. The summed E-state index contributed by atoms with van der Waals surface area (Å²) in [5.41, 5.74) is 1.24. The molecule has 24 heavy (non-hydrogen) atoms. The van der Waals surface area contributed by atoms with Crippen molar-refractivity contribution in [2.45, 2.75) is 31.4 Å². The lowest BCUT2D eigenvalue weighted by Gasteiger charge is -2.09. The van der Waals surface area contributed by atoms with Crippen LogP contribution in [-0.4, -0.2) is 31.7 Å². The predicted octanol–water partition coefficient (Wildman–Crippen LogP) is 2.20. The first-order chi connectivity index (χ1) is 11.3. The normalized spacial score (nSPS) is 11.3. The van der Waals surface area contributed by atoms with Gasteiger partial charge in [0.25, 0.3) is 5.91 Å². The molecule has 0 aliphatic heterocycles. The molecule has 2 aromatic rings. The van der Waals surface area contributed by atoms with Crippen molar-refractivity contribution in [3.05, 3.63) is 53.7 Å².